The van der Waals surface area contributed by atoms with Crippen molar-refractivity contribution in [2.24, 2.45) is 0 Å². The maximum Gasteiger partial charge on any atom is 0.256 e. The van der Waals surface area contributed by atoms with Crippen molar-refractivity contribution in [1.29, 1.82) is 0 Å². The van der Waals surface area contributed by atoms with Gasteiger partial charge in [0.15, 0.2) is 18.1 Å². The van der Waals surface area contributed by atoms with E-state index in [9.17, 15) is 10.2 Å². The summed E-state index contributed by atoms with van der Waals surface area (Å²) in [7, 11) is 0. The van der Waals surface area contributed by atoms with Crippen LogP contribution in [0.5, 0.6) is 11.5 Å². The molecular formula is C13H12ClNO2. The van der Waals surface area contributed by atoms with Crippen molar-refractivity contribution in [3.05, 3.63) is 54.9 Å². The molecule has 1 heterocycles. The first-order valence-corrected chi connectivity index (χ1v) is 4.87. The highest BCUT2D eigenvalue weighted by atomic mass is 35.5. The molecule has 0 amide bonds. The van der Waals surface area contributed by atoms with Gasteiger partial charge in [-0.3, -0.25) is 0 Å². The zero-order valence-corrected chi connectivity index (χ0v) is 9.80. The van der Waals surface area contributed by atoms with Gasteiger partial charge in [0.05, 0.1) is 6.07 Å². The minimum atomic E-state index is 0. The van der Waals surface area contributed by atoms with Crippen molar-refractivity contribution in [3.8, 4) is 17.2 Å². The van der Waals surface area contributed by atoms with Gasteiger partial charge in [-0.25, -0.2) is 0 Å². The van der Waals surface area contributed by atoms with E-state index in [0.717, 1.165) is 5.56 Å². The minimum Gasteiger partial charge on any atom is -1.00 e. The molecule has 0 radical (unpaired) electrons. The number of halogens is 1. The van der Waals surface area contributed by atoms with E-state index in [1.165, 1.54) is 18.2 Å². The van der Waals surface area contributed by atoms with Gasteiger partial charge in [-0.05, 0) is 17.7 Å². The monoisotopic (exact) mass is 249 g/mol. The Bertz CT molecular complexity index is 523. The highest BCUT2D eigenvalue weighted by Gasteiger charge is 2.12. The van der Waals surface area contributed by atoms with E-state index in [1.54, 1.807) is 23.0 Å². The molecule has 1 aromatic heterocycles. The predicted molar refractivity (Wildman–Crippen MR) is 61.4 cm³/mol. The van der Waals surface area contributed by atoms with E-state index in [0.29, 0.717) is 5.69 Å². The zero-order valence-electron chi connectivity index (χ0n) is 9.05. The fraction of sp³-hybridized carbons (Fsp3) is 0. The van der Waals surface area contributed by atoms with Crippen LogP contribution in [-0.4, -0.2) is 10.2 Å². The average Bonchev–Trinajstić information content (AvgIpc) is 2.32. The molecule has 0 saturated carbocycles. The van der Waals surface area contributed by atoms with Crippen molar-refractivity contribution in [3.63, 3.8) is 0 Å². The second kappa shape index (κ2) is 5.37. The lowest BCUT2D eigenvalue weighted by Gasteiger charge is -2.00. The molecule has 0 fully saturated rings. The average molecular weight is 250 g/mol. The summed E-state index contributed by atoms with van der Waals surface area (Å²) in [6.07, 6.45) is 5.34. The Balaban J connectivity index is 0.00000144. The van der Waals surface area contributed by atoms with Gasteiger partial charge in [-0.1, -0.05) is 12.7 Å². The molecule has 0 aliphatic carbocycles. The molecule has 4 heteroatoms. The molecule has 0 unspecified atom stereocenters. The van der Waals surface area contributed by atoms with E-state index >= 15 is 0 Å². The maximum absolute atomic E-state index is 9.66. The molecule has 3 nitrogen and oxygen atoms in total. The summed E-state index contributed by atoms with van der Waals surface area (Å²) in [6, 6.07) is 8.15. The van der Waals surface area contributed by atoms with Gasteiger partial charge >= 0.3 is 0 Å². The Hall–Kier alpha value is -2.00. The van der Waals surface area contributed by atoms with E-state index in [-0.39, 0.29) is 23.9 Å². The third kappa shape index (κ3) is 2.77. The number of aromatic nitrogens is 1. The summed E-state index contributed by atoms with van der Waals surface area (Å²) in [4.78, 5) is 0. The second-order valence-corrected chi connectivity index (χ2v) is 3.42. The van der Waals surface area contributed by atoms with Crippen LogP contribution in [0.1, 0.15) is 5.56 Å². The largest absolute Gasteiger partial charge is 1.00 e. The molecule has 0 aliphatic rings. The molecule has 2 N–H and O–H groups in total. The molecule has 0 spiro atoms. The van der Waals surface area contributed by atoms with E-state index in [4.69, 9.17) is 0 Å². The Morgan fingerprint density at radius 1 is 1.06 bits per heavy atom. The number of hydrogen-bond donors (Lipinski definition) is 2. The fourth-order valence-electron chi connectivity index (χ4n) is 1.45. The molecule has 0 atom stereocenters. The van der Waals surface area contributed by atoms with Gasteiger partial charge in [-0.2, -0.15) is 4.57 Å². The molecule has 0 bridgehead atoms. The van der Waals surface area contributed by atoms with Crippen LogP contribution < -0.4 is 17.0 Å². The van der Waals surface area contributed by atoms with E-state index in [1.807, 2.05) is 12.1 Å². The first-order chi connectivity index (χ1) is 7.70. The first-order valence-electron chi connectivity index (χ1n) is 4.87. The lowest BCUT2D eigenvalue weighted by Crippen LogP contribution is -3.00. The van der Waals surface area contributed by atoms with Crippen LogP contribution in [0.2, 0.25) is 0 Å². The quantitative estimate of drug-likeness (QED) is 0.531. The summed E-state index contributed by atoms with van der Waals surface area (Å²) < 4.78 is 1.72. The van der Waals surface area contributed by atoms with E-state index in [2.05, 4.69) is 6.58 Å². The Morgan fingerprint density at radius 3 is 2.29 bits per heavy atom. The molecule has 17 heavy (non-hydrogen) atoms. The number of hydrogen-bond acceptors (Lipinski definition) is 2. The third-order valence-corrected chi connectivity index (χ3v) is 2.33. The SMILES string of the molecule is C=Cc1cc[n+](-c2cc(O)ccc2O)cc1.[Cl-]. The van der Waals surface area contributed by atoms with Gasteiger partial charge in [0.2, 0.25) is 0 Å². The van der Waals surface area contributed by atoms with Crippen molar-refractivity contribution >= 4 is 6.08 Å². The standard InChI is InChI=1S/C13H11NO2.ClH/c1-2-10-5-7-14(8-6-10)12-9-11(15)3-4-13(12)16;/h2-9H,1H2,(H-,15,16);1H. The van der Waals surface area contributed by atoms with Crippen molar-refractivity contribution in [2.45, 2.75) is 0 Å². The van der Waals surface area contributed by atoms with Crippen LogP contribution in [0.25, 0.3) is 11.8 Å². The van der Waals surface area contributed by atoms with Gasteiger partial charge in [0.25, 0.3) is 5.69 Å². The Morgan fingerprint density at radius 2 is 1.71 bits per heavy atom. The van der Waals surface area contributed by atoms with Crippen molar-refractivity contribution in [2.75, 3.05) is 0 Å². The summed E-state index contributed by atoms with van der Waals surface area (Å²) in [5.74, 6) is 0.238. The Kier molecular flexibility index (Phi) is 4.12. The molecule has 88 valence electrons. The van der Waals surface area contributed by atoms with Crippen molar-refractivity contribution in [1.82, 2.24) is 0 Å². The Labute approximate surface area is 106 Å². The number of benzene rings is 1. The topological polar surface area (TPSA) is 44.3 Å². The molecule has 0 saturated heterocycles. The van der Waals surface area contributed by atoms with Gasteiger partial charge < -0.3 is 22.6 Å². The second-order valence-electron chi connectivity index (χ2n) is 3.42. The van der Waals surface area contributed by atoms with Crippen LogP contribution in [0, 0.1) is 0 Å². The maximum atomic E-state index is 9.66. The molecule has 2 rings (SSSR count). The molecule has 1 aromatic carbocycles. The van der Waals surface area contributed by atoms with Gasteiger partial charge in [-0.15, -0.1) is 0 Å². The number of pyridine rings is 1. The summed E-state index contributed by atoms with van der Waals surface area (Å²) in [6.45, 7) is 3.67. The predicted octanol–water partition coefficient (Wildman–Crippen LogP) is -0.979. The van der Waals surface area contributed by atoms with Crippen LogP contribution in [0.15, 0.2) is 49.3 Å². The van der Waals surface area contributed by atoms with Crippen LogP contribution in [0.4, 0.5) is 0 Å². The number of phenols is 2. The molecule has 2 aromatic rings. The number of rotatable bonds is 2. The zero-order chi connectivity index (χ0) is 11.5. The number of phenolic OH excluding ortho intramolecular Hbond substituents is 2. The fourth-order valence-corrected chi connectivity index (χ4v) is 1.45. The van der Waals surface area contributed by atoms with Crippen molar-refractivity contribution < 1.29 is 27.2 Å². The molecular weight excluding hydrogens is 238 g/mol. The van der Waals surface area contributed by atoms with Gasteiger partial charge in [0, 0.05) is 12.1 Å². The smallest absolute Gasteiger partial charge is 0.256 e. The highest BCUT2D eigenvalue weighted by molar-refractivity contribution is 5.46. The highest BCUT2D eigenvalue weighted by Crippen LogP contribution is 2.21. The first kappa shape index (κ1) is 13.1. The number of aromatic hydroxyl groups is 2. The van der Waals surface area contributed by atoms with Crippen LogP contribution in [0.3, 0.4) is 0 Å². The van der Waals surface area contributed by atoms with Crippen LogP contribution >= 0.6 is 0 Å². The lowest BCUT2D eigenvalue weighted by molar-refractivity contribution is -0.596. The lowest BCUT2D eigenvalue weighted by atomic mass is 10.2. The minimum absolute atomic E-state index is 0. The third-order valence-electron chi connectivity index (χ3n) is 2.33. The number of nitrogens with zero attached hydrogens (tertiary/aromatic N) is 1. The normalized spacial score (nSPS) is 9.41. The summed E-state index contributed by atoms with van der Waals surface area (Å²) in [5, 5.41) is 19.0. The molecule has 0 aliphatic heterocycles. The summed E-state index contributed by atoms with van der Waals surface area (Å²) >= 11 is 0. The van der Waals surface area contributed by atoms with Gasteiger partial charge in [0.1, 0.15) is 5.75 Å². The van der Waals surface area contributed by atoms with Crippen LogP contribution in [-0.2, 0) is 0 Å². The van der Waals surface area contributed by atoms with E-state index < -0.39 is 0 Å². The summed E-state index contributed by atoms with van der Waals surface area (Å²) in [5.41, 5.74) is 1.53.